The fraction of sp³-hybridized carbons (Fsp3) is 0.333. The summed E-state index contributed by atoms with van der Waals surface area (Å²) in [4.78, 5) is 4.39. The predicted molar refractivity (Wildman–Crippen MR) is 52.8 cm³/mol. The standard InChI is InChI=1S/C9H11N3S/c1-8-11-9(7-13-8)3-6-12-5-2-4-10-12/h2,4-5,7H,3,6H2,1H3. The van der Waals surface area contributed by atoms with Crippen molar-refractivity contribution in [2.45, 2.75) is 19.9 Å². The SMILES string of the molecule is Cc1nc(CCn2cccn2)cs1. The lowest BCUT2D eigenvalue weighted by Crippen LogP contribution is -2.01. The Morgan fingerprint density at radius 2 is 2.46 bits per heavy atom. The first-order valence-corrected chi connectivity index (χ1v) is 5.11. The quantitative estimate of drug-likeness (QED) is 0.745. The molecule has 0 atom stereocenters. The minimum atomic E-state index is 0.913. The normalized spacial score (nSPS) is 10.5. The summed E-state index contributed by atoms with van der Waals surface area (Å²) in [5, 5.41) is 7.38. The third-order valence-corrected chi connectivity index (χ3v) is 2.65. The molecule has 2 aromatic rings. The highest BCUT2D eigenvalue weighted by atomic mass is 32.1. The van der Waals surface area contributed by atoms with Gasteiger partial charge in [-0.05, 0) is 13.0 Å². The molecule has 2 aromatic heterocycles. The van der Waals surface area contributed by atoms with Gasteiger partial charge in [0.1, 0.15) is 0 Å². The smallest absolute Gasteiger partial charge is 0.0897 e. The summed E-state index contributed by atoms with van der Waals surface area (Å²) in [6.45, 7) is 2.94. The van der Waals surface area contributed by atoms with Crippen molar-refractivity contribution < 1.29 is 0 Å². The third-order valence-electron chi connectivity index (χ3n) is 1.82. The summed E-state index contributed by atoms with van der Waals surface area (Å²) in [6, 6.07) is 1.94. The molecule has 0 aromatic carbocycles. The van der Waals surface area contributed by atoms with E-state index < -0.39 is 0 Å². The van der Waals surface area contributed by atoms with Crippen molar-refractivity contribution in [1.29, 1.82) is 0 Å². The second-order valence-corrected chi connectivity index (χ2v) is 3.94. The Labute approximate surface area is 81.1 Å². The molecule has 68 valence electrons. The van der Waals surface area contributed by atoms with Gasteiger partial charge in [0, 0.05) is 30.7 Å². The predicted octanol–water partition coefficient (Wildman–Crippen LogP) is 1.89. The van der Waals surface area contributed by atoms with E-state index in [9.17, 15) is 0 Å². The molecule has 0 unspecified atom stereocenters. The Balaban J connectivity index is 1.93. The second-order valence-electron chi connectivity index (χ2n) is 2.88. The van der Waals surface area contributed by atoms with Crippen LogP contribution in [0, 0.1) is 6.92 Å². The van der Waals surface area contributed by atoms with Crippen molar-refractivity contribution in [3.8, 4) is 0 Å². The highest BCUT2D eigenvalue weighted by Crippen LogP contribution is 2.08. The van der Waals surface area contributed by atoms with Gasteiger partial charge in [-0.1, -0.05) is 0 Å². The lowest BCUT2D eigenvalue weighted by molar-refractivity contribution is 0.609. The van der Waals surface area contributed by atoms with E-state index in [1.807, 2.05) is 23.9 Å². The molecular formula is C9H11N3S. The molecule has 0 radical (unpaired) electrons. The molecule has 0 bridgehead atoms. The number of aryl methyl sites for hydroxylation is 3. The summed E-state index contributed by atoms with van der Waals surface area (Å²) >= 11 is 1.70. The largest absolute Gasteiger partial charge is 0.272 e. The van der Waals surface area contributed by atoms with E-state index in [4.69, 9.17) is 0 Å². The maximum Gasteiger partial charge on any atom is 0.0897 e. The molecule has 0 aliphatic carbocycles. The maximum atomic E-state index is 4.39. The molecule has 0 saturated carbocycles. The zero-order valence-corrected chi connectivity index (χ0v) is 8.29. The number of aromatic nitrogens is 3. The summed E-state index contributed by atoms with van der Waals surface area (Å²) in [5.74, 6) is 0. The van der Waals surface area contributed by atoms with E-state index in [1.54, 1.807) is 17.5 Å². The van der Waals surface area contributed by atoms with Crippen LogP contribution in [0.2, 0.25) is 0 Å². The second kappa shape index (κ2) is 3.70. The zero-order chi connectivity index (χ0) is 9.10. The van der Waals surface area contributed by atoms with Crippen LogP contribution in [0.15, 0.2) is 23.8 Å². The average Bonchev–Trinajstić information content (AvgIpc) is 2.71. The molecule has 0 saturated heterocycles. The van der Waals surface area contributed by atoms with Crippen LogP contribution in [-0.4, -0.2) is 14.8 Å². The van der Waals surface area contributed by atoms with Gasteiger partial charge in [0.25, 0.3) is 0 Å². The number of nitrogens with zero attached hydrogens (tertiary/aromatic N) is 3. The van der Waals surface area contributed by atoms with Crippen LogP contribution in [0.5, 0.6) is 0 Å². The van der Waals surface area contributed by atoms with Gasteiger partial charge in [-0.2, -0.15) is 5.10 Å². The molecule has 2 rings (SSSR count). The fourth-order valence-corrected chi connectivity index (χ4v) is 1.83. The van der Waals surface area contributed by atoms with Crippen molar-refractivity contribution in [1.82, 2.24) is 14.8 Å². The van der Waals surface area contributed by atoms with E-state index in [0.717, 1.165) is 23.7 Å². The van der Waals surface area contributed by atoms with Crippen LogP contribution in [0.1, 0.15) is 10.7 Å². The molecule has 0 spiro atoms. The lowest BCUT2D eigenvalue weighted by atomic mass is 10.3. The van der Waals surface area contributed by atoms with Crippen LogP contribution in [0.4, 0.5) is 0 Å². The van der Waals surface area contributed by atoms with Crippen molar-refractivity contribution in [3.63, 3.8) is 0 Å². The maximum absolute atomic E-state index is 4.39. The molecule has 0 aliphatic rings. The van der Waals surface area contributed by atoms with E-state index in [1.165, 1.54) is 0 Å². The highest BCUT2D eigenvalue weighted by Gasteiger charge is 1.98. The summed E-state index contributed by atoms with van der Waals surface area (Å²) in [7, 11) is 0. The van der Waals surface area contributed by atoms with Gasteiger partial charge in [-0.25, -0.2) is 4.98 Å². The zero-order valence-electron chi connectivity index (χ0n) is 7.47. The molecule has 13 heavy (non-hydrogen) atoms. The molecular weight excluding hydrogens is 182 g/mol. The number of hydrogen-bond acceptors (Lipinski definition) is 3. The summed E-state index contributed by atoms with van der Waals surface area (Å²) in [5.41, 5.74) is 1.16. The monoisotopic (exact) mass is 193 g/mol. The third kappa shape index (κ3) is 2.15. The van der Waals surface area contributed by atoms with E-state index in [-0.39, 0.29) is 0 Å². The Hall–Kier alpha value is -1.16. The fourth-order valence-electron chi connectivity index (χ4n) is 1.18. The van der Waals surface area contributed by atoms with Crippen LogP contribution in [0.25, 0.3) is 0 Å². The first-order valence-electron chi connectivity index (χ1n) is 4.23. The van der Waals surface area contributed by atoms with Crippen molar-refractivity contribution in [2.24, 2.45) is 0 Å². The Kier molecular flexibility index (Phi) is 2.40. The van der Waals surface area contributed by atoms with Gasteiger partial charge in [-0.3, -0.25) is 4.68 Å². The van der Waals surface area contributed by atoms with Gasteiger partial charge in [0.05, 0.1) is 10.7 Å². The van der Waals surface area contributed by atoms with Crippen molar-refractivity contribution in [2.75, 3.05) is 0 Å². The Morgan fingerprint density at radius 3 is 3.08 bits per heavy atom. The minimum absolute atomic E-state index is 0.913. The van der Waals surface area contributed by atoms with E-state index in [0.29, 0.717) is 0 Å². The van der Waals surface area contributed by atoms with Gasteiger partial charge in [-0.15, -0.1) is 11.3 Å². The number of thiazole rings is 1. The highest BCUT2D eigenvalue weighted by molar-refractivity contribution is 7.09. The van der Waals surface area contributed by atoms with Crippen LogP contribution in [0.3, 0.4) is 0 Å². The van der Waals surface area contributed by atoms with E-state index >= 15 is 0 Å². The number of hydrogen-bond donors (Lipinski definition) is 0. The van der Waals surface area contributed by atoms with E-state index in [2.05, 4.69) is 15.5 Å². The Bertz CT molecular complexity index is 364. The first kappa shape index (κ1) is 8.44. The topological polar surface area (TPSA) is 30.7 Å². The lowest BCUT2D eigenvalue weighted by Gasteiger charge is -1.97. The van der Waals surface area contributed by atoms with Crippen molar-refractivity contribution >= 4 is 11.3 Å². The van der Waals surface area contributed by atoms with Gasteiger partial charge >= 0.3 is 0 Å². The van der Waals surface area contributed by atoms with Gasteiger partial charge in [0.15, 0.2) is 0 Å². The van der Waals surface area contributed by atoms with Crippen molar-refractivity contribution in [3.05, 3.63) is 34.5 Å². The Morgan fingerprint density at radius 1 is 1.54 bits per heavy atom. The molecule has 2 heterocycles. The van der Waals surface area contributed by atoms with Gasteiger partial charge < -0.3 is 0 Å². The average molecular weight is 193 g/mol. The summed E-state index contributed by atoms with van der Waals surface area (Å²) in [6.07, 6.45) is 4.73. The van der Waals surface area contributed by atoms with Gasteiger partial charge in [0.2, 0.25) is 0 Å². The molecule has 3 nitrogen and oxygen atoms in total. The van der Waals surface area contributed by atoms with Crippen LogP contribution >= 0.6 is 11.3 Å². The minimum Gasteiger partial charge on any atom is -0.272 e. The molecule has 0 amide bonds. The first-order chi connectivity index (χ1) is 6.34. The number of rotatable bonds is 3. The molecule has 0 fully saturated rings. The van der Waals surface area contributed by atoms with Crippen LogP contribution < -0.4 is 0 Å². The molecule has 4 heteroatoms. The molecule has 0 aliphatic heterocycles. The summed E-state index contributed by atoms with van der Waals surface area (Å²) < 4.78 is 1.93. The molecule has 0 N–H and O–H groups in total. The van der Waals surface area contributed by atoms with Crippen LogP contribution in [-0.2, 0) is 13.0 Å².